The molecule has 0 saturated heterocycles. The second-order valence-corrected chi connectivity index (χ2v) is 7.20. The van der Waals surface area contributed by atoms with Crippen LogP contribution in [0, 0.1) is 5.82 Å². The van der Waals surface area contributed by atoms with Crippen molar-refractivity contribution < 1.29 is 23.4 Å². The first-order valence-electron chi connectivity index (χ1n) is 8.97. The lowest BCUT2D eigenvalue weighted by Gasteiger charge is -2.20. The van der Waals surface area contributed by atoms with Crippen molar-refractivity contribution >= 4 is 23.7 Å². The van der Waals surface area contributed by atoms with Gasteiger partial charge in [0.15, 0.2) is 11.5 Å². The number of amides is 1. The van der Waals surface area contributed by atoms with Gasteiger partial charge in [0.2, 0.25) is 11.7 Å². The molecular weight excluding hydrogens is 381 g/mol. The van der Waals surface area contributed by atoms with Crippen molar-refractivity contribution in [3.05, 3.63) is 53.9 Å². The van der Waals surface area contributed by atoms with Crippen LogP contribution in [-0.2, 0) is 4.79 Å². The average Bonchev–Trinajstić information content (AvgIpc) is 2.72. The minimum absolute atomic E-state index is 0.166. The molecule has 3 rings (SSSR count). The first-order chi connectivity index (χ1) is 13.7. The highest BCUT2D eigenvalue weighted by Crippen LogP contribution is 2.40. The van der Waals surface area contributed by atoms with Gasteiger partial charge in [-0.2, -0.15) is 0 Å². The molecule has 0 bridgehead atoms. The number of hydrogen-bond donors (Lipinski definition) is 1. The van der Waals surface area contributed by atoms with Gasteiger partial charge in [0.1, 0.15) is 19.0 Å². The van der Waals surface area contributed by atoms with E-state index in [1.54, 1.807) is 43.1 Å². The van der Waals surface area contributed by atoms with Gasteiger partial charge in [-0.1, -0.05) is 0 Å². The van der Waals surface area contributed by atoms with Crippen molar-refractivity contribution in [2.45, 2.75) is 11.3 Å². The van der Waals surface area contributed by atoms with Gasteiger partial charge in [0, 0.05) is 17.5 Å². The highest BCUT2D eigenvalue weighted by atomic mass is 32.2. The fourth-order valence-corrected chi connectivity index (χ4v) is 3.48. The molecule has 2 aromatic rings. The van der Waals surface area contributed by atoms with Gasteiger partial charge >= 0.3 is 0 Å². The van der Waals surface area contributed by atoms with Gasteiger partial charge in [0.25, 0.3) is 0 Å². The predicted molar refractivity (Wildman–Crippen MR) is 108 cm³/mol. The quantitative estimate of drug-likeness (QED) is 0.411. The summed E-state index contributed by atoms with van der Waals surface area (Å²) in [6, 6.07) is 10.0. The Bertz CT molecular complexity index is 822. The lowest BCUT2D eigenvalue weighted by Crippen LogP contribution is -2.22. The number of ether oxygens (including phenoxy) is 3. The van der Waals surface area contributed by atoms with Crippen molar-refractivity contribution in [2.24, 2.45) is 0 Å². The third kappa shape index (κ3) is 5.66. The second-order valence-electron chi connectivity index (χ2n) is 6.03. The molecule has 0 saturated carbocycles. The van der Waals surface area contributed by atoms with Crippen LogP contribution in [0.1, 0.15) is 12.0 Å². The van der Waals surface area contributed by atoms with E-state index in [1.807, 2.05) is 6.07 Å². The van der Waals surface area contributed by atoms with Crippen LogP contribution < -0.4 is 19.5 Å². The number of benzene rings is 2. The summed E-state index contributed by atoms with van der Waals surface area (Å²) in [7, 11) is 1.57. The molecule has 2 aromatic carbocycles. The van der Waals surface area contributed by atoms with E-state index in [-0.39, 0.29) is 11.7 Å². The summed E-state index contributed by atoms with van der Waals surface area (Å²) < 4.78 is 29.3. The molecule has 0 radical (unpaired) electrons. The smallest absolute Gasteiger partial charge is 0.243 e. The number of fused-ring (bicyclic) bond motifs is 1. The number of halogens is 1. The van der Waals surface area contributed by atoms with Gasteiger partial charge in [-0.3, -0.25) is 4.79 Å². The molecule has 148 valence electrons. The number of carbonyl (C=O) groups is 1. The van der Waals surface area contributed by atoms with Crippen molar-refractivity contribution in [3.63, 3.8) is 0 Å². The standard InChI is InChI=1S/C21H22FNO4S/c1-25-18-13-15(14-19-21(18)27-11-10-26-19)3-8-20(24)23-9-2-12-28-17-6-4-16(22)5-7-17/h3-8,13-14H,2,9-12H2,1H3,(H,23,24)/b8-3+. The Morgan fingerprint density at radius 1 is 1.25 bits per heavy atom. The number of hydrogen-bond acceptors (Lipinski definition) is 5. The fraction of sp³-hybridized carbons (Fsp3) is 0.286. The van der Waals surface area contributed by atoms with Gasteiger partial charge in [-0.25, -0.2) is 4.39 Å². The van der Waals surface area contributed by atoms with Crippen LogP contribution in [0.3, 0.4) is 0 Å². The summed E-state index contributed by atoms with van der Waals surface area (Å²) in [6.07, 6.45) is 4.01. The molecule has 28 heavy (non-hydrogen) atoms. The number of methoxy groups -OCH3 is 1. The van der Waals surface area contributed by atoms with E-state index in [4.69, 9.17) is 14.2 Å². The summed E-state index contributed by atoms with van der Waals surface area (Å²) in [4.78, 5) is 13.0. The average molecular weight is 403 g/mol. The summed E-state index contributed by atoms with van der Waals surface area (Å²) in [5.41, 5.74) is 0.795. The van der Waals surface area contributed by atoms with E-state index >= 15 is 0 Å². The first kappa shape index (κ1) is 20.1. The molecular formula is C21H22FNO4S. The zero-order valence-corrected chi connectivity index (χ0v) is 16.4. The van der Waals surface area contributed by atoms with Crippen LogP contribution in [-0.4, -0.2) is 38.5 Å². The minimum Gasteiger partial charge on any atom is -0.493 e. The van der Waals surface area contributed by atoms with E-state index in [9.17, 15) is 9.18 Å². The topological polar surface area (TPSA) is 56.8 Å². The van der Waals surface area contributed by atoms with Crippen LogP contribution in [0.2, 0.25) is 0 Å². The maximum atomic E-state index is 12.9. The third-order valence-electron chi connectivity index (χ3n) is 3.98. The summed E-state index contributed by atoms with van der Waals surface area (Å²) in [5, 5.41) is 2.85. The van der Waals surface area contributed by atoms with Gasteiger partial charge in [-0.05, 0) is 60.2 Å². The maximum Gasteiger partial charge on any atom is 0.243 e. The van der Waals surface area contributed by atoms with Gasteiger partial charge in [-0.15, -0.1) is 11.8 Å². The SMILES string of the molecule is COc1cc(/C=C/C(=O)NCCCSc2ccc(F)cc2)cc2c1OCCO2. The number of nitrogens with one attached hydrogen (secondary N) is 1. The molecule has 0 fully saturated rings. The fourth-order valence-electron chi connectivity index (χ4n) is 2.63. The molecule has 0 aliphatic carbocycles. The Kier molecular flexibility index (Phi) is 7.19. The molecule has 1 aliphatic rings. The molecule has 0 aromatic heterocycles. The molecule has 0 atom stereocenters. The van der Waals surface area contributed by atoms with Crippen molar-refractivity contribution in [1.82, 2.24) is 5.32 Å². The van der Waals surface area contributed by atoms with E-state index in [2.05, 4.69) is 5.32 Å². The van der Waals surface area contributed by atoms with Crippen LogP contribution in [0.15, 0.2) is 47.4 Å². The molecule has 7 heteroatoms. The molecule has 1 amide bonds. The van der Waals surface area contributed by atoms with Crippen molar-refractivity contribution in [2.75, 3.05) is 32.6 Å². The van der Waals surface area contributed by atoms with E-state index in [0.29, 0.717) is 37.0 Å². The Morgan fingerprint density at radius 3 is 2.82 bits per heavy atom. The summed E-state index contributed by atoms with van der Waals surface area (Å²) in [6.45, 7) is 1.54. The predicted octanol–water partition coefficient (Wildman–Crippen LogP) is 3.92. The van der Waals surface area contributed by atoms with Gasteiger partial charge in [0.05, 0.1) is 7.11 Å². The lowest BCUT2D eigenvalue weighted by molar-refractivity contribution is -0.116. The first-order valence-corrected chi connectivity index (χ1v) is 9.96. The van der Waals surface area contributed by atoms with Crippen LogP contribution in [0.25, 0.3) is 6.08 Å². The summed E-state index contributed by atoms with van der Waals surface area (Å²) in [5.74, 6) is 2.22. The minimum atomic E-state index is -0.237. The van der Waals surface area contributed by atoms with Crippen LogP contribution in [0.5, 0.6) is 17.2 Å². The summed E-state index contributed by atoms with van der Waals surface area (Å²) >= 11 is 1.63. The maximum absolute atomic E-state index is 12.9. The number of carbonyl (C=O) groups excluding carboxylic acids is 1. The van der Waals surface area contributed by atoms with Gasteiger partial charge < -0.3 is 19.5 Å². The largest absolute Gasteiger partial charge is 0.493 e. The van der Waals surface area contributed by atoms with E-state index in [0.717, 1.165) is 22.6 Å². The number of rotatable bonds is 8. The van der Waals surface area contributed by atoms with Crippen LogP contribution in [0.4, 0.5) is 4.39 Å². The van der Waals surface area contributed by atoms with Crippen molar-refractivity contribution in [1.29, 1.82) is 0 Å². The number of thioether (sulfide) groups is 1. The molecule has 1 N–H and O–H groups in total. The third-order valence-corrected chi connectivity index (χ3v) is 5.08. The Morgan fingerprint density at radius 2 is 2.04 bits per heavy atom. The molecule has 0 unspecified atom stereocenters. The molecule has 0 spiro atoms. The molecule has 1 heterocycles. The van der Waals surface area contributed by atoms with E-state index in [1.165, 1.54) is 18.2 Å². The monoisotopic (exact) mass is 403 g/mol. The Balaban J connectivity index is 1.44. The Hall–Kier alpha value is -2.67. The highest BCUT2D eigenvalue weighted by molar-refractivity contribution is 7.99. The zero-order chi connectivity index (χ0) is 19.8. The Labute approximate surface area is 167 Å². The highest BCUT2D eigenvalue weighted by Gasteiger charge is 2.17. The second kappa shape index (κ2) is 10.0. The zero-order valence-electron chi connectivity index (χ0n) is 15.6. The molecule has 1 aliphatic heterocycles. The van der Waals surface area contributed by atoms with Crippen molar-refractivity contribution in [3.8, 4) is 17.2 Å². The molecule has 5 nitrogen and oxygen atoms in total. The normalized spacial score (nSPS) is 12.8. The van der Waals surface area contributed by atoms with Crippen LogP contribution >= 0.6 is 11.8 Å². The lowest BCUT2D eigenvalue weighted by atomic mass is 10.1. The van der Waals surface area contributed by atoms with E-state index < -0.39 is 0 Å².